The van der Waals surface area contributed by atoms with Crippen molar-refractivity contribution in [2.24, 2.45) is 0 Å². The van der Waals surface area contributed by atoms with Crippen LogP contribution in [0.25, 0.3) is 5.69 Å². The predicted molar refractivity (Wildman–Crippen MR) is 128 cm³/mol. The Bertz CT molecular complexity index is 1310. The molecule has 3 aromatic carbocycles. The summed E-state index contributed by atoms with van der Waals surface area (Å²) in [5.74, 6) is 0.776. The van der Waals surface area contributed by atoms with Crippen molar-refractivity contribution in [1.82, 2.24) is 14.8 Å². The van der Waals surface area contributed by atoms with Gasteiger partial charge in [0.1, 0.15) is 29.2 Å². The number of hydrogen-bond donors (Lipinski definition) is 0. The lowest BCUT2D eigenvalue weighted by Gasteiger charge is -2.18. The molecule has 4 aromatic rings. The van der Waals surface area contributed by atoms with Crippen LogP contribution in [0.5, 0.6) is 5.75 Å². The lowest BCUT2D eigenvalue weighted by atomic mass is 10.1. The molecule has 0 saturated heterocycles. The minimum Gasteiger partial charge on any atom is -0.488 e. The zero-order chi connectivity index (χ0) is 24.1. The molecule has 1 atom stereocenters. The summed E-state index contributed by atoms with van der Waals surface area (Å²) in [5, 5.41) is 20.0. The van der Waals surface area contributed by atoms with Gasteiger partial charge in [-0.15, -0.1) is 10.2 Å². The molecule has 1 heterocycles. The monoisotopic (exact) mass is 478 g/mol. The van der Waals surface area contributed by atoms with Gasteiger partial charge in [-0.05, 0) is 43.7 Å². The Hall–Kier alpha value is -3.72. The van der Waals surface area contributed by atoms with Gasteiger partial charge in [-0.1, -0.05) is 60.3 Å². The lowest BCUT2D eigenvalue weighted by molar-refractivity contribution is -0.479. The summed E-state index contributed by atoms with van der Waals surface area (Å²) < 4.78 is 21.9. The molecule has 0 aliphatic heterocycles. The SMILES string of the molecule is Cc1cccc(-n2c(C)nnc2S[C@H](C[N+](=O)[O-])c2ccccc2OCc2ccccc2F)c1. The molecule has 0 N–H and O–H groups in total. The molecular weight excluding hydrogens is 455 g/mol. The number of nitrogens with zero attached hydrogens (tertiary/aromatic N) is 4. The van der Waals surface area contributed by atoms with Gasteiger partial charge in [-0.25, -0.2) is 4.39 Å². The van der Waals surface area contributed by atoms with Crippen LogP contribution in [0, 0.1) is 29.8 Å². The number of rotatable bonds is 9. The van der Waals surface area contributed by atoms with E-state index in [4.69, 9.17) is 4.74 Å². The van der Waals surface area contributed by atoms with E-state index in [1.165, 1.54) is 17.8 Å². The summed E-state index contributed by atoms with van der Waals surface area (Å²) in [5.41, 5.74) is 3.01. The molecule has 34 heavy (non-hydrogen) atoms. The van der Waals surface area contributed by atoms with Crippen LogP contribution in [-0.2, 0) is 6.61 Å². The van der Waals surface area contributed by atoms with Crippen LogP contribution in [0.4, 0.5) is 4.39 Å². The zero-order valence-corrected chi connectivity index (χ0v) is 19.5. The van der Waals surface area contributed by atoms with Crippen LogP contribution in [-0.4, -0.2) is 26.2 Å². The van der Waals surface area contributed by atoms with Crippen molar-refractivity contribution in [1.29, 1.82) is 0 Å². The number of aryl methyl sites for hydroxylation is 2. The molecule has 4 rings (SSSR count). The van der Waals surface area contributed by atoms with E-state index >= 15 is 0 Å². The number of aromatic nitrogens is 3. The van der Waals surface area contributed by atoms with Crippen molar-refractivity contribution in [3.8, 4) is 11.4 Å². The highest BCUT2D eigenvalue weighted by molar-refractivity contribution is 7.99. The number of halogens is 1. The van der Waals surface area contributed by atoms with Crippen molar-refractivity contribution in [3.63, 3.8) is 0 Å². The normalized spacial score (nSPS) is 11.9. The Kier molecular flexibility index (Phi) is 7.22. The maximum absolute atomic E-state index is 14.1. The molecular formula is C25H23FN4O3S. The van der Waals surface area contributed by atoms with Crippen molar-refractivity contribution in [2.45, 2.75) is 30.9 Å². The highest BCUT2D eigenvalue weighted by atomic mass is 32.2. The highest BCUT2D eigenvalue weighted by Gasteiger charge is 2.26. The fraction of sp³-hybridized carbons (Fsp3) is 0.200. The van der Waals surface area contributed by atoms with E-state index in [9.17, 15) is 14.5 Å². The van der Waals surface area contributed by atoms with Crippen LogP contribution in [0.3, 0.4) is 0 Å². The summed E-state index contributed by atoms with van der Waals surface area (Å²) >= 11 is 1.25. The van der Waals surface area contributed by atoms with Crippen LogP contribution < -0.4 is 4.74 Å². The molecule has 174 valence electrons. The van der Waals surface area contributed by atoms with E-state index in [1.807, 2.05) is 42.7 Å². The van der Waals surface area contributed by atoms with Gasteiger partial charge in [0.05, 0.1) is 0 Å². The molecule has 0 fully saturated rings. The molecule has 7 nitrogen and oxygen atoms in total. The molecule has 0 spiro atoms. The fourth-order valence-corrected chi connectivity index (χ4v) is 4.80. The van der Waals surface area contributed by atoms with Gasteiger partial charge >= 0.3 is 0 Å². The molecule has 0 amide bonds. The molecule has 0 aliphatic carbocycles. The Morgan fingerprint density at radius 3 is 2.59 bits per heavy atom. The molecule has 9 heteroatoms. The van der Waals surface area contributed by atoms with Crippen molar-refractivity contribution in [3.05, 3.63) is 111 Å². The summed E-state index contributed by atoms with van der Waals surface area (Å²) in [7, 11) is 0. The third-order valence-electron chi connectivity index (χ3n) is 5.22. The lowest BCUT2D eigenvalue weighted by Crippen LogP contribution is -2.12. The Balaban J connectivity index is 1.66. The topological polar surface area (TPSA) is 83.1 Å². The largest absolute Gasteiger partial charge is 0.488 e. The standard InChI is InChI=1S/C25H23FN4O3S/c1-17-8-7-10-20(14-17)30-18(2)27-28-25(30)34-24(15-29(31)32)21-11-4-6-13-23(21)33-16-19-9-3-5-12-22(19)26/h3-14,24H,15-16H2,1-2H3/t24-/m1/s1. The highest BCUT2D eigenvalue weighted by Crippen LogP contribution is 2.40. The van der Waals surface area contributed by atoms with Gasteiger partial charge in [0, 0.05) is 21.7 Å². The fourth-order valence-electron chi connectivity index (χ4n) is 3.59. The van der Waals surface area contributed by atoms with Crippen LogP contribution >= 0.6 is 11.8 Å². The van der Waals surface area contributed by atoms with Crippen LogP contribution in [0.1, 0.15) is 27.8 Å². The van der Waals surface area contributed by atoms with Crippen molar-refractivity contribution < 1.29 is 14.1 Å². The molecule has 0 aliphatic rings. The van der Waals surface area contributed by atoms with Gasteiger partial charge in [0.15, 0.2) is 5.16 Å². The number of thioether (sulfide) groups is 1. The Morgan fingerprint density at radius 1 is 1.06 bits per heavy atom. The number of ether oxygens (including phenoxy) is 1. The summed E-state index contributed by atoms with van der Waals surface area (Å²) in [6.45, 7) is 3.50. The van der Waals surface area contributed by atoms with Crippen LogP contribution in [0.2, 0.25) is 0 Å². The summed E-state index contributed by atoms with van der Waals surface area (Å²) in [4.78, 5) is 11.2. The quantitative estimate of drug-likeness (QED) is 0.174. The van der Waals surface area contributed by atoms with E-state index in [2.05, 4.69) is 10.2 Å². The summed E-state index contributed by atoms with van der Waals surface area (Å²) in [6.07, 6.45) is 0. The second kappa shape index (κ2) is 10.5. The molecule has 1 aromatic heterocycles. The predicted octanol–water partition coefficient (Wildman–Crippen LogP) is 5.71. The van der Waals surface area contributed by atoms with Crippen molar-refractivity contribution >= 4 is 11.8 Å². The Morgan fingerprint density at radius 2 is 1.82 bits per heavy atom. The van der Waals surface area contributed by atoms with Gasteiger partial charge in [-0.2, -0.15) is 0 Å². The van der Waals surface area contributed by atoms with Crippen molar-refractivity contribution in [2.75, 3.05) is 6.54 Å². The zero-order valence-electron chi connectivity index (χ0n) is 18.7. The van der Waals surface area contributed by atoms with Gasteiger partial charge in [0.2, 0.25) is 6.54 Å². The minimum absolute atomic E-state index is 0.0120. The number of benzene rings is 3. The van der Waals surface area contributed by atoms with E-state index in [0.717, 1.165) is 11.3 Å². The molecule has 0 unspecified atom stereocenters. The number of para-hydroxylation sites is 1. The average molecular weight is 479 g/mol. The number of hydrogen-bond acceptors (Lipinski definition) is 6. The maximum Gasteiger partial charge on any atom is 0.220 e. The first-order chi connectivity index (χ1) is 16.4. The number of nitro groups is 1. The van der Waals surface area contributed by atoms with E-state index in [1.54, 1.807) is 42.5 Å². The first kappa shape index (κ1) is 23.4. The maximum atomic E-state index is 14.1. The second-order valence-corrected chi connectivity index (χ2v) is 8.91. The molecule has 0 radical (unpaired) electrons. The first-order valence-electron chi connectivity index (χ1n) is 10.6. The Labute approximate surface area is 200 Å². The minimum atomic E-state index is -0.598. The third kappa shape index (κ3) is 5.43. The van der Waals surface area contributed by atoms with E-state index < -0.39 is 5.25 Å². The second-order valence-electron chi connectivity index (χ2n) is 7.74. The molecule has 0 bridgehead atoms. The van der Waals surface area contributed by atoms with E-state index in [0.29, 0.717) is 27.9 Å². The average Bonchev–Trinajstić information content (AvgIpc) is 3.18. The first-order valence-corrected chi connectivity index (χ1v) is 11.5. The van der Waals surface area contributed by atoms with E-state index in [-0.39, 0.29) is 23.9 Å². The van der Waals surface area contributed by atoms with Gasteiger partial charge in [0.25, 0.3) is 0 Å². The summed E-state index contributed by atoms with van der Waals surface area (Å²) in [6, 6.07) is 21.4. The smallest absolute Gasteiger partial charge is 0.220 e. The van der Waals surface area contributed by atoms with Gasteiger partial charge in [-0.3, -0.25) is 14.7 Å². The molecule has 0 saturated carbocycles. The van der Waals surface area contributed by atoms with Crippen LogP contribution in [0.15, 0.2) is 78.0 Å². The third-order valence-corrected chi connectivity index (χ3v) is 6.39. The van der Waals surface area contributed by atoms with Gasteiger partial charge < -0.3 is 4.74 Å².